The number of anilines is 1. The Kier molecular flexibility index (Phi) is 5.77. The highest BCUT2D eigenvalue weighted by Crippen LogP contribution is 2.17. The molecule has 1 unspecified atom stereocenters. The molecule has 1 rings (SSSR count). The predicted molar refractivity (Wildman–Crippen MR) is 72.3 cm³/mol. The molecule has 1 aromatic rings. The number of nitrogens with zero attached hydrogens (tertiary/aromatic N) is 4. The first-order valence-corrected chi connectivity index (χ1v) is 7.11. The summed E-state index contributed by atoms with van der Waals surface area (Å²) in [6, 6.07) is 0.587. The van der Waals surface area contributed by atoms with Crippen molar-refractivity contribution in [2.45, 2.75) is 19.9 Å². The van der Waals surface area contributed by atoms with E-state index in [0.29, 0.717) is 18.6 Å². The van der Waals surface area contributed by atoms with Crippen molar-refractivity contribution in [1.82, 2.24) is 15.0 Å². The lowest BCUT2D eigenvalue weighted by Gasteiger charge is -2.24. The Labute approximate surface area is 111 Å². The Bertz CT molecular complexity index is 366. The Morgan fingerprint density at radius 1 is 1.41 bits per heavy atom. The predicted octanol–water partition coefficient (Wildman–Crippen LogP) is 2.11. The summed E-state index contributed by atoms with van der Waals surface area (Å²) in [6.45, 7) is 4.48. The van der Waals surface area contributed by atoms with Crippen LogP contribution < -0.4 is 9.64 Å². The summed E-state index contributed by atoms with van der Waals surface area (Å²) in [5, 5.41) is 0.154. The van der Waals surface area contributed by atoms with E-state index >= 15 is 0 Å². The van der Waals surface area contributed by atoms with Gasteiger partial charge in [0.1, 0.15) is 0 Å². The van der Waals surface area contributed by atoms with Crippen LogP contribution in [0.15, 0.2) is 0 Å². The van der Waals surface area contributed by atoms with E-state index in [1.807, 2.05) is 18.9 Å². The highest BCUT2D eigenvalue weighted by atomic mass is 35.5. The maximum atomic E-state index is 5.84. The Morgan fingerprint density at radius 2 is 2.12 bits per heavy atom. The molecule has 1 atom stereocenters. The van der Waals surface area contributed by atoms with Crippen LogP contribution in [0.1, 0.15) is 13.8 Å². The minimum Gasteiger partial charge on any atom is -0.464 e. The molecule has 5 nitrogen and oxygen atoms in total. The van der Waals surface area contributed by atoms with E-state index in [-0.39, 0.29) is 11.3 Å². The summed E-state index contributed by atoms with van der Waals surface area (Å²) in [5.74, 6) is 1.53. The third-order valence-corrected chi connectivity index (χ3v) is 3.22. The topological polar surface area (TPSA) is 51.1 Å². The zero-order chi connectivity index (χ0) is 12.8. The van der Waals surface area contributed by atoms with Gasteiger partial charge in [-0.05, 0) is 31.7 Å². The molecule has 17 heavy (non-hydrogen) atoms. The van der Waals surface area contributed by atoms with Gasteiger partial charge in [-0.1, -0.05) is 0 Å². The Hall–Kier alpha value is -0.750. The second-order valence-electron chi connectivity index (χ2n) is 3.54. The van der Waals surface area contributed by atoms with Crippen molar-refractivity contribution in [3.63, 3.8) is 0 Å². The second-order valence-corrected chi connectivity index (χ2v) is 4.78. The molecule has 0 fully saturated rings. The summed E-state index contributed by atoms with van der Waals surface area (Å²) in [6.07, 6.45) is 2.07. The third kappa shape index (κ3) is 4.20. The van der Waals surface area contributed by atoms with Crippen LogP contribution in [0, 0.1) is 0 Å². The molecule has 0 radical (unpaired) electrons. The van der Waals surface area contributed by atoms with Gasteiger partial charge in [-0.3, -0.25) is 0 Å². The van der Waals surface area contributed by atoms with E-state index in [0.717, 1.165) is 5.75 Å². The Balaban J connectivity index is 2.88. The standard InChI is InChI=1S/C10H17ClN4OS/c1-5-16-10-13-8(11)12-9(14-10)15(3)7(2)6-17-4/h7H,5-6H2,1-4H3. The molecule has 0 bridgehead atoms. The van der Waals surface area contributed by atoms with Crippen LogP contribution in [0.2, 0.25) is 5.28 Å². The monoisotopic (exact) mass is 276 g/mol. The number of aromatic nitrogens is 3. The molecule has 1 heterocycles. The lowest BCUT2D eigenvalue weighted by atomic mass is 10.3. The largest absolute Gasteiger partial charge is 0.464 e. The maximum Gasteiger partial charge on any atom is 0.322 e. The minimum absolute atomic E-state index is 0.154. The quantitative estimate of drug-likeness (QED) is 0.793. The van der Waals surface area contributed by atoms with Crippen molar-refractivity contribution in [3.05, 3.63) is 5.28 Å². The number of rotatable bonds is 6. The number of halogens is 1. The molecule has 0 spiro atoms. The Morgan fingerprint density at radius 3 is 2.71 bits per heavy atom. The molecule has 0 saturated carbocycles. The first-order chi connectivity index (χ1) is 8.08. The van der Waals surface area contributed by atoms with Crippen LogP contribution in [-0.4, -0.2) is 46.7 Å². The van der Waals surface area contributed by atoms with Gasteiger partial charge in [-0.25, -0.2) is 0 Å². The summed E-state index contributed by atoms with van der Waals surface area (Å²) in [7, 11) is 1.93. The molecule has 0 aromatic carbocycles. The van der Waals surface area contributed by atoms with E-state index in [2.05, 4.69) is 28.1 Å². The zero-order valence-electron chi connectivity index (χ0n) is 10.5. The van der Waals surface area contributed by atoms with Gasteiger partial charge in [0.25, 0.3) is 0 Å². The van der Waals surface area contributed by atoms with Crippen molar-refractivity contribution >= 4 is 29.3 Å². The number of thioether (sulfide) groups is 1. The molecule has 0 aliphatic heterocycles. The summed E-state index contributed by atoms with van der Waals surface area (Å²) >= 11 is 7.61. The van der Waals surface area contributed by atoms with E-state index in [4.69, 9.17) is 16.3 Å². The number of hydrogen-bond acceptors (Lipinski definition) is 6. The second kappa shape index (κ2) is 6.86. The van der Waals surface area contributed by atoms with Crippen molar-refractivity contribution in [2.75, 3.05) is 30.6 Å². The molecular weight excluding hydrogens is 260 g/mol. The van der Waals surface area contributed by atoms with Crippen molar-refractivity contribution in [1.29, 1.82) is 0 Å². The van der Waals surface area contributed by atoms with Crippen molar-refractivity contribution in [3.8, 4) is 6.01 Å². The molecular formula is C10H17ClN4OS. The highest BCUT2D eigenvalue weighted by Gasteiger charge is 2.15. The zero-order valence-corrected chi connectivity index (χ0v) is 12.0. The van der Waals surface area contributed by atoms with Gasteiger partial charge in [-0.2, -0.15) is 26.7 Å². The van der Waals surface area contributed by atoms with Crippen LogP contribution in [0.4, 0.5) is 5.95 Å². The average molecular weight is 277 g/mol. The van der Waals surface area contributed by atoms with Crippen LogP contribution in [0.25, 0.3) is 0 Å². The molecule has 0 amide bonds. The van der Waals surface area contributed by atoms with Gasteiger partial charge in [0.05, 0.1) is 6.61 Å². The van der Waals surface area contributed by atoms with Crippen LogP contribution >= 0.6 is 23.4 Å². The smallest absolute Gasteiger partial charge is 0.322 e. The van der Waals surface area contributed by atoms with Gasteiger partial charge in [0.15, 0.2) is 0 Å². The maximum absolute atomic E-state index is 5.84. The van der Waals surface area contributed by atoms with Gasteiger partial charge >= 0.3 is 6.01 Å². The summed E-state index contributed by atoms with van der Waals surface area (Å²) in [4.78, 5) is 14.2. The first-order valence-electron chi connectivity index (χ1n) is 5.34. The van der Waals surface area contributed by atoms with Gasteiger partial charge < -0.3 is 9.64 Å². The normalized spacial score (nSPS) is 12.3. The molecule has 1 aromatic heterocycles. The van der Waals surface area contributed by atoms with Crippen molar-refractivity contribution < 1.29 is 4.74 Å². The summed E-state index contributed by atoms with van der Waals surface area (Å²) in [5.41, 5.74) is 0. The molecule has 0 saturated heterocycles. The SMILES string of the molecule is CCOc1nc(Cl)nc(N(C)C(C)CSC)n1. The van der Waals surface area contributed by atoms with Gasteiger partial charge in [0.2, 0.25) is 11.2 Å². The van der Waals surface area contributed by atoms with E-state index < -0.39 is 0 Å². The van der Waals surface area contributed by atoms with Crippen LogP contribution in [-0.2, 0) is 0 Å². The van der Waals surface area contributed by atoms with E-state index in [1.165, 1.54) is 0 Å². The fourth-order valence-corrected chi connectivity index (χ4v) is 2.08. The fraction of sp³-hybridized carbons (Fsp3) is 0.700. The number of ether oxygens (including phenoxy) is 1. The molecule has 7 heteroatoms. The molecule has 96 valence electrons. The lowest BCUT2D eigenvalue weighted by molar-refractivity contribution is 0.311. The average Bonchev–Trinajstić information content (AvgIpc) is 2.28. The highest BCUT2D eigenvalue weighted by molar-refractivity contribution is 7.98. The van der Waals surface area contributed by atoms with Crippen molar-refractivity contribution in [2.24, 2.45) is 0 Å². The first kappa shape index (κ1) is 14.3. The number of hydrogen-bond donors (Lipinski definition) is 0. The van der Waals surface area contributed by atoms with E-state index in [1.54, 1.807) is 11.8 Å². The van der Waals surface area contributed by atoms with Crippen LogP contribution in [0.5, 0.6) is 6.01 Å². The molecule has 0 aliphatic carbocycles. The minimum atomic E-state index is 0.154. The third-order valence-electron chi connectivity index (χ3n) is 2.23. The molecule has 0 aliphatic rings. The van der Waals surface area contributed by atoms with Gasteiger partial charge in [-0.15, -0.1) is 0 Å². The summed E-state index contributed by atoms with van der Waals surface area (Å²) < 4.78 is 5.24. The lowest BCUT2D eigenvalue weighted by Crippen LogP contribution is -2.32. The van der Waals surface area contributed by atoms with Gasteiger partial charge in [0, 0.05) is 18.8 Å². The van der Waals surface area contributed by atoms with E-state index in [9.17, 15) is 0 Å². The van der Waals surface area contributed by atoms with Crippen LogP contribution in [0.3, 0.4) is 0 Å². The fourth-order valence-electron chi connectivity index (χ4n) is 1.22. The molecule has 0 N–H and O–H groups in total.